The van der Waals surface area contributed by atoms with E-state index >= 15 is 0 Å². The second-order valence-corrected chi connectivity index (χ2v) is 4.53. The summed E-state index contributed by atoms with van der Waals surface area (Å²) < 4.78 is 18.9. The van der Waals surface area contributed by atoms with Crippen LogP contribution in [0.25, 0.3) is 0 Å². The highest BCUT2D eigenvalue weighted by Gasteiger charge is 2.49. The molecule has 5 atom stereocenters. The summed E-state index contributed by atoms with van der Waals surface area (Å²) in [7, 11) is 0. The minimum atomic E-state index is -1.81. The SMILES string of the molecule is CC1CN([C@H]2O[C@@H](CO)[C@H](O)[C@H]2F)C(=O)NC1=O. The van der Waals surface area contributed by atoms with Crippen LogP contribution in [-0.2, 0) is 9.53 Å². The first-order valence-electron chi connectivity index (χ1n) is 5.65. The number of aliphatic hydroxyl groups excluding tert-OH is 2. The number of imide groups is 1. The highest BCUT2D eigenvalue weighted by Crippen LogP contribution is 2.28. The first-order valence-corrected chi connectivity index (χ1v) is 5.65. The fourth-order valence-electron chi connectivity index (χ4n) is 2.09. The standard InChI is InChI=1S/C10H15FN2O5/c1-4-2-13(10(17)12-8(4)16)9-6(11)7(15)5(3-14)18-9/h4-7,9,14-15H,2-3H2,1H3,(H,12,16,17)/t4?,5-,6+,7-,9-/m0/s1. The third kappa shape index (κ3) is 2.06. The van der Waals surface area contributed by atoms with E-state index in [1.54, 1.807) is 6.92 Å². The molecule has 3 amide bonds. The molecule has 0 aromatic heterocycles. The maximum Gasteiger partial charge on any atom is 0.326 e. The summed E-state index contributed by atoms with van der Waals surface area (Å²) >= 11 is 0. The number of hydrogen-bond acceptors (Lipinski definition) is 5. The zero-order valence-corrected chi connectivity index (χ0v) is 9.75. The molecular weight excluding hydrogens is 247 g/mol. The number of urea groups is 1. The molecule has 0 aromatic rings. The van der Waals surface area contributed by atoms with Crippen molar-refractivity contribution in [3.05, 3.63) is 0 Å². The Balaban J connectivity index is 2.12. The van der Waals surface area contributed by atoms with Gasteiger partial charge in [-0.15, -0.1) is 0 Å². The van der Waals surface area contributed by atoms with E-state index in [2.05, 4.69) is 5.32 Å². The smallest absolute Gasteiger partial charge is 0.326 e. The number of carbonyl (C=O) groups excluding carboxylic acids is 2. The monoisotopic (exact) mass is 262 g/mol. The molecule has 0 bridgehead atoms. The van der Waals surface area contributed by atoms with Gasteiger partial charge >= 0.3 is 6.03 Å². The molecule has 0 spiro atoms. The van der Waals surface area contributed by atoms with Crippen LogP contribution >= 0.6 is 0 Å². The molecule has 102 valence electrons. The molecule has 0 radical (unpaired) electrons. The summed E-state index contributed by atoms with van der Waals surface area (Å²) in [5, 5.41) is 20.5. The van der Waals surface area contributed by atoms with E-state index in [0.717, 1.165) is 4.90 Å². The maximum absolute atomic E-state index is 13.8. The Bertz CT molecular complexity index is 366. The Morgan fingerprint density at radius 1 is 1.56 bits per heavy atom. The van der Waals surface area contributed by atoms with Crippen molar-refractivity contribution in [1.82, 2.24) is 10.2 Å². The van der Waals surface area contributed by atoms with E-state index < -0.39 is 49.1 Å². The fourth-order valence-corrected chi connectivity index (χ4v) is 2.09. The summed E-state index contributed by atoms with van der Waals surface area (Å²) in [4.78, 5) is 23.9. The van der Waals surface area contributed by atoms with Gasteiger partial charge in [-0.05, 0) is 0 Å². The van der Waals surface area contributed by atoms with Crippen molar-refractivity contribution < 1.29 is 28.9 Å². The molecule has 1 unspecified atom stereocenters. The van der Waals surface area contributed by atoms with Gasteiger partial charge in [0.25, 0.3) is 0 Å². The van der Waals surface area contributed by atoms with Gasteiger partial charge in [0.1, 0.15) is 12.2 Å². The van der Waals surface area contributed by atoms with Crippen LogP contribution < -0.4 is 5.32 Å². The number of aliphatic hydroxyl groups is 2. The van der Waals surface area contributed by atoms with Crippen molar-refractivity contribution in [1.29, 1.82) is 0 Å². The number of nitrogens with zero attached hydrogens (tertiary/aromatic N) is 1. The number of halogens is 1. The van der Waals surface area contributed by atoms with Crippen LogP contribution in [0.1, 0.15) is 6.92 Å². The summed E-state index contributed by atoms with van der Waals surface area (Å²) in [5.74, 6) is -0.910. The van der Waals surface area contributed by atoms with Gasteiger partial charge in [-0.1, -0.05) is 6.92 Å². The van der Waals surface area contributed by atoms with Gasteiger partial charge in [0.2, 0.25) is 5.91 Å². The summed E-state index contributed by atoms with van der Waals surface area (Å²) in [6.45, 7) is 1.07. The Morgan fingerprint density at radius 3 is 2.78 bits per heavy atom. The normalized spacial score (nSPS) is 41.1. The molecule has 0 aromatic carbocycles. The Labute approximate surface area is 103 Å². The predicted molar refractivity (Wildman–Crippen MR) is 56.1 cm³/mol. The van der Waals surface area contributed by atoms with Gasteiger partial charge < -0.3 is 14.9 Å². The van der Waals surface area contributed by atoms with E-state index in [1.165, 1.54) is 0 Å². The topological polar surface area (TPSA) is 99.1 Å². The Hall–Kier alpha value is -1.25. The lowest BCUT2D eigenvalue weighted by Gasteiger charge is -2.34. The van der Waals surface area contributed by atoms with Crippen molar-refractivity contribution in [3.63, 3.8) is 0 Å². The number of hydrogen-bond donors (Lipinski definition) is 3. The van der Waals surface area contributed by atoms with Crippen molar-refractivity contribution in [2.24, 2.45) is 5.92 Å². The van der Waals surface area contributed by atoms with E-state index in [4.69, 9.17) is 9.84 Å². The van der Waals surface area contributed by atoms with Gasteiger partial charge in [0.05, 0.1) is 12.5 Å². The molecular formula is C10H15FN2O5. The van der Waals surface area contributed by atoms with E-state index in [-0.39, 0.29) is 6.54 Å². The van der Waals surface area contributed by atoms with E-state index in [9.17, 15) is 19.1 Å². The third-order valence-corrected chi connectivity index (χ3v) is 3.19. The van der Waals surface area contributed by atoms with Crippen LogP contribution in [0.3, 0.4) is 0 Å². The predicted octanol–water partition coefficient (Wildman–Crippen LogP) is -1.41. The first-order chi connectivity index (χ1) is 8.45. The Kier molecular flexibility index (Phi) is 3.51. The second kappa shape index (κ2) is 4.79. The maximum atomic E-state index is 13.8. The summed E-state index contributed by atoms with van der Waals surface area (Å²) in [6.07, 6.45) is -5.65. The lowest BCUT2D eigenvalue weighted by atomic mass is 10.1. The van der Waals surface area contributed by atoms with Gasteiger partial charge in [-0.3, -0.25) is 15.0 Å². The largest absolute Gasteiger partial charge is 0.394 e. The van der Waals surface area contributed by atoms with E-state index in [0.29, 0.717) is 0 Å². The average Bonchev–Trinajstić information content (AvgIpc) is 2.61. The zero-order chi connectivity index (χ0) is 13.4. The number of nitrogens with one attached hydrogen (secondary N) is 1. The van der Waals surface area contributed by atoms with Gasteiger partial charge in [0, 0.05) is 6.54 Å². The minimum absolute atomic E-state index is 0.0145. The quantitative estimate of drug-likeness (QED) is 0.568. The molecule has 2 fully saturated rings. The minimum Gasteiger partial charge on any atom is -0.394 e. The number of ether oxygens (including phenoxy) is 1. The van der Waals surface area contributed by atoms with Crippen molar-refractivity contribution in [2.45, 2.75) is 31.5 Å². The number of carbonyl (C=O) groups is 2. The molecule has 0 saturated carbocycles. The van der Waals surface area contributed by atoms with Crippen LogP contribution in [0.4, 0.5) is 9.18 Å². The molecule has 2 saturated heterocycles. The molecule has 2 heterocycles. The van der Waals surface area contributed by atoms with Crippen LogP contribution in [0.15, 0.2) is 0 Å². The van der Waals surface area contributed by atoms with Crippen molar-refractivity contribution in [2.75, 3.05) is 13.2 Å². The van der Waals surface area contributed by atoms with Gasteiger partial charge in [0.15, 0.2) is 12.4 Å². The van der Waals surface area contributed by atoms with E-state index in [1.807, 2.05) is 0 Å². The van der Waals surface area contributed by atoms with Crippen LogP contribution in [0.2, 0.25) is 0 Å². The first kappa shape index (κ1) is 13.2. The summed E-state index contributed by atoms with van der Waals surface area (Å²) in [5.41, 5.74) is 0. The number of alkyl halides is 1. The second-order valence-electron chi connectivity index (χ2n) is 4.53. The van der Waals surface area contributed by atoms with Crippen LogP contribution in [0, 0.1) is 5.92 Å². The lowest BCUT2D eigenvalue weighted by Crippen LogP contribution is -2.59. The number of rotatable bonds is 2. The molecule has 8 heteroatoms. The Morgan fingerprint density at radius 2 is 2.22 bits per heavy atom. The highest BCUT2D eigenvalue weighted by molar-refractivity contribution is 5.97. The molecule has 18 heavy (non-hydrogen) atoms. The van der Waals surface area contributed by atoms with Crippen molar-refractivity contribution >= 4 is 11.9 Å². The fraction of sp³-hybridized carbons (Fsp3) is 0.800. The average molecular weight is 262 g/mol. The van der Waals surface area contributed by atoms with Crippen LogP contribution in [0.5, 0.6) is 0 Å². The molecule has 2 rings (SSSR count). The van der Waals surface area contributed by atoms with Crippen molar-refractivity contribution in [3.8, 4) is 0 Å². The molecule has 3 N–H and O–H groups in total. The lowest BCUT2D eigenvalue weighted by molar-refractivity contribution is -0.129. The summed E-state index contributed by atoms with van der Waals surface area (Å²) in [6, 6.07) is -0.753. The molecule has 2 aliphatic heterocycles. The van der Waals surface area contributed by atoms with Gasteiger partial charge in [-0.25, -0.2) is 9.18 Å². The molecule has 7 nitrogen and oxygen atoms in total. The third-order valence-electron chi connectivity index (χ3n) is 3.19. The van der Waals surface area contributed by atoms with Crippen LogP contribution in [-0.4, -0.2) is 64.8 Å². The molecule has 2 aliphatic rings. The molecule has 0 aliphatic carbocycles. The number of amides is 3. The van der Waals surface area contributed by atoms with Gasteiger partial charge in [-0.2, -0.15) is 0 Å². The highest BCUT2D eigenvalue weighted by atomic mass is 19.1. The zero-order valence-electron chi connectivity index (χ0n) is 9.75.